The van der Waals surface area contributed by atoms with E-state index in [0.717, 1.165) is 0 Å². The molecule has 4 N–H and O–H groups in total. The molecule has 2 aromatic rings. The van der Waals surface area contributed by atoms with Gasteiger partial charge in [0.05, 0.1) is 17.5 Å². The van der Waals surface area contributed by atoms with E-state index in [0.29, 0.717) is 29.9 Å². The van der Waals surface area contributed by atoms with Crippen LogP contribution in [-0.4, -0.2) is 35.6 Å². The maximum absolute atomic E-state index is 12.7. The molecule has 6 nitrogen and oxygen atoms in total. The number of halogens is 3. The Kier molecular flexibility index (Phi) is 4.59. The molecule has 3 rings (SSSR count). The summed E-state index contributed by atoms with van der Waals surface area (Å²) in [6.45, 7) is 0.664. The number of nitrogens with zero attached hydrogens (tertiary/aromatic N) is 2. The summed E-state index contributed by atoms with van der Waals surface area (Å²) in [4.78, 5) is 12.8. The van der Waals surface area contributed by atoms with E-state index in [4.69, 9.17) is 5.73 Å². The molecule has 0 bridgehead atoms. The van der Waals surface area contributed by atoms with Gasteiger partial charge in [0.2, 0.25) is 0 Å². The third-order valence-electron chi connectivity index (χ3n) is 4.28. The minimum atomic E-state index is -4.78. The largest absolute Gasteiger partial charge is 0.418 e. The van der Waals surface area contributed by atoms with E-state index in [1.807, 2.05) is 0 Å². The molecule has 2 aromatic carbocycles. The van der Waals surface area contributed by atoms with Gasteiger partial charge in [-0.2, -0.15) is 13.2 Å². The van der Waals surface area contributed by atoms with Crippen molar-refractivity contribution in [1.82, 2.24) is 0 Å². The smallest absolute Gasteiger partial charge is 0.395 e. The fourth-order valence-corrected chi connectivity index (χ4v) is 2.86. The van der Waals surface area contributed by atoms with E-state index in [1.165, 1.54) is 24.3 Å². The normalized spacial score (nSPS) is 16.3. The molecule has 0 amide bonds. The highest BCUT2D eigenvalue weighted by molar-refractivity contribution is 5.86. The fraction of sp³-hybridized carbons (Fsp3) is 0.294. The number of alkyl halides is 3. The van der Waals surface area contributed by atoms with Crippen molar-refractivity contribution < 1.29 is 23.4 Å². The Hall–Kier alpha value is -2.65. The van der Waals surface area contributed by atoms with Gasteiger partial charge in [-0.1, -0.05) is 18.2 Å². The van der Waals surface area contributed by atoms with Crippen LogP contribution < -0.4 is 10.6 Å². The van der Waals surface area contributed by atoms with Crippen LogP contribution in [0.4, 0.5) is 30.2 Å². The number of benzene rings is 2. The average Bonchev–Trinajstić information content (AvgIpc) is 2.58. The Labute approximate surface area is 146 Å². The van der Waals surface area contributed by atoms with Gasteiger partial charge in [0.1, 0.15) is 5.69 Å². The van der Waals surface area contributed by atoms with Crippen molar-refractivity contribution in [2.45, 2.75) is 18.4 Å². The average molecular weight is 367 g/mol. The predicted octanol–water partition coefficient (Wildman–Crippen LogP) is 3.11. The Morgan fingerprint density at radius 1 is 1.19 bits per heavy atom. The molecule has 0 radical (unpaired) electrons. The van der Waals surface area contributed by atoms with Gasteiger partial charge in [0, 0.05) is 13.1 Å². The minimum Gasteiger partial charge on any atom is -0.395 e. The van der Waals surface area contributed by atoms with E-state index >= 15 is 0 Å². The first kappa shape index (κ1) is 18.2. The van der Waals surface area contributed by atoms with Gasteiger partial charge in [-0.25, -0.2) is 0 Å². The standard InChI is InChI=1S/C17H16F3N3O3/c18-17(19,20)16(25)10-3-1-2-9(4-10)11-5-13(22-26)15(21)14(6-11)23-7-12(24)8-23/h1-6,12,16,24-25H,7-8,21H2. The van der Waals surface area contributed by atoms with Gasteiger partial charge in [0.25, 0.3) is 0 Å². The first-order valence-corrected chi connectivity index (χ1v) is 7.75. The zero-order valence-electron chi connectivity index (χ0n) is 13.4. The van der Waals surface area contributed by atoms with E-state index in [-0.39, 0.29) is 16.9 Å². The van der Waals surface area contributed by atoms with Crippen LogP contribution in [0.1, 0.15) is 11.7 Å². The summed E-state index contributed by atoms with van der Waals surface area (Å²) in [5, 5.41) is 21.8. The highest BCUT2D eigenvalue weighted by atomic mass is 19.4. The number of aliphatic hydroxyl groups is 2. The number of hydrogen-bond donors (Lipinski definition) is 3. The Morgan fingerprint density at radius 2 is 1.88 bits per heavy atom. The molecule has 0 aliphatic carbocycles. The van der Waals surface area contributed by atoms with Crippen LogP contribution in [0, 0.1) is 4.91 Å². The summed E-state index contributed by atoms with van der Waals surface area (Å²) in [6.07, 6.45) is -7.89. The monoisotopic (exact) mass is 367 g/mol. The number of nitroso groups, excluding NO2 is 1. The molecule has 138 valence electrons. The Balaban J connectivity index is 2.04. The highest BCUT2D eigenvalue weighted by Gasteiger charge is 2.39. The lowest BCUT2D eigenvalue weighted by molar-refractivity contribution is -0.206. The van der Waals surface area contributed by atoms with Crippen molar-refractivity contribution in [3.8, 4) is 11.1 Å². The topological polar surface area (TPSA) is 99.1 Å². The van der Waals surface area contributed by atoms with Crippen LogP contribution in [0.3, 0.4) is 0 Å². The maximum atomic E-state index is 12.7. The molecule has 1 atom stereocenters. The molecule has 1 fully saturated rings. The Morgan fingerprint density at radius 3 is 2.46 bits per heavy atom. The zero-order valence-corrected chi connectivity index (χ0v) is 13.4. The van der Waals surface area contributed by atoms with Crippen molar-refractivity contribution >= 4 is 17.1 Å². The first-order valence-electron chi connectivity index (χ1n) is 7.75. The number of β-amino-alcohol motifs (C(OH)–C–C–N with tert-alkyl or cyclic N) is 1. The molecular weight excluding hydrogens is 351 g/mol. The van der Waals surface area contributed by atoms with E-state index < -0.39 is 18.4 Å². The number of aliphatic hydroxyl groups excluding tert-OH is 2. The summed E-state index contributed by atoms with van der Waals surface area (Å²) in [7, 11) is 0. The van der Waals surface area contributed by atoms with Crippen molar-refractivity contribution in [2.75, 3.05) is 23.7 Å². The predicted molar refractivity (Wildman–Crippen MR) is 91.0 cm³/mol. The van der Waals surface area contributed by atoms with E-state index in [9.17, 15) is 28.3 Å². The first-order chi connectivity index (χ1) is 12.2. The number of hydrogen-bond acceptors (Lipinski definition) is 6. The second kappa shape index (κ2) is 6.58. The number of anilines is 2. The van der Waals surface area contributed by atoms with E-state index in [1.54, 1.807) is 17.0 Å². The third-order valence-corrected chi connectivity index (χ3v) is 4.28. The van der Waals surface area contributed by atoms with Crippen molar-refractivity contribution in [3.05, 3.63) is 46.9 Å². The van der Waals surface area contributed by atoms with Crippen LogP contribution in [0.5, 0.6) is 0 Å². The minimum absolute atomic E-state index is 0.0411. The van der Waals surface area contributed by atoms with Crippen LogP contribution in [-0.2, 0) is 0 Å². The van der Waals surface area contributed by atoms with Gasteiger partial charge < -0.3 is 20.8 Å². The summed E-state index contributed by atoms with van der Waals surface area (Å²) < 4.78 is 38.2. The highest BCUT2D eigenvalue weighted by Crippen LogP contribution is 2.40. The summed E-state index contributed by atoms with van der Waals surface area (Å²) in [6, 6.07) is 8.31. The molecule has 1 aliphatic rings. The van der Waals surface area contributed by atoms with Crippen LogP contribution in [0.2, 0.25) is 0 Å². The Bertz CT molecular complexity index is 836. The number of nitrogen functional groups attached to an aromatic ring is 1. The molecule has 0 spiro atoms. The molecule has 0 aromatic heterocycles. The fourth-order valence-electron chi connectivity index (χ4n) is 2.86. The second-order valence-corrected chi connectivity index (χ2v) is 6.15. The van der Waals surface area contributed by atoms with Gasteiger partial charge in [-0.3, -0.25) is 0 Å². The molecule has 1 heterocycles. The van der Waals surface area contributed by atoms with Crippen LogP contribution >= 0.6 is 0 Å². The molecule has 1 unspecified atom stereocenters. The zero-order chi connectivity index (χ0) is 19.1. The van der Waals surface area contributed by atoms with Gasteiger partial charge in [0.15, 0.2) is 6.10 Å². The van der Waals surface area contributed by atoms with Crippen molar-refractivity contribution in [1.29, 1.82) is 0 Å². The lowest BCUT2D eigenvalue weighted by atomic mass is 9.98. The second-order valence-electron chi connectivity index (χ2n) is 6.15. The van der Waals surface area contributed by atoms with Gasteiger partial charge in [-0.05, 0) is 40.1 Å². The molecule has 1 aliphatic heterocycles. The number of nitrogens with two attached hydrogens (primary N) is 1. The summed E-state index contributed by atoms with van der Waals surface area (Å²) >= 11 is 0. The quantitative estimate of drug-likeness (QED) is 0.570. The summed E-state index contributed by atoms with van der Waals surface area (Å²) in [5.41, 5.74) is 7.00. The van der Waals surface area contributed by atoms with Gasteiger partial charge >= 0.3 is 6.18 Å². The summed E-state index contributed by atoms with van der Waals surface area (Å²) in [5.74, 6) is 0. The van der Waals surface area contributed by atoms with Crippen molar-refractivity contribution in [3.63, 3.8) is 0 Å². The van der Waals surface area contributed by atoms with E-state index in [2.05, 4.69) is 5.18 Å². The van der Waals surface area contributed by atoms with Crippen LogP contribution in [0.25, 0.3) is 11.1 Å². The molecule has 1 saturated heterocycles. The SMILES string of the molecule is Nc1c(N=O)cc(-c2cccc(C(O)C(F)(F)F)c2)cc1N1CC(O)C1. The van der Waals surface area contributed by atoms with Gasteiger partial charge in [-0.15, -0.1) is 4.91 Å². The molecule has 26 heavy (non-hydrogen) atoms. The van der Waals surface area contributed by atoms with Crippen LogP contribution in [0.15, 0.2) is 41.6 Å². The lowest BCUT2D eigenvalue weighted by Crippen LogP contribution is -2.51. The molecular formula is C17H16F3N3O3. The molecule has 0 saturated carbocycles. The third kappa shape index (κ3) is 3.35. The lowest BCUT2D eigenvalue weighted by Gasteiger charge is -2.38. The molecule has 9 heteroatoms. The van der Waals surface area contributed by atoms with Crippen molar-refractivity contribution in [2.24, 2.45) is 5.18 Å². The maximum Gasteiger partial charge on any atom is 0.418 e. The number of rotatable bonds is 4.